The van der Waals surface area contributed by atoms with Crippen molar-refractivity contribution in [1.29, 1.82) is 0 Å². The van der Waals surface area contributed by atoms with E-state index in [1.807, 2.05) is 11.8 Å². The fourth-order valence-corrected chi connectivity index (χ4v) is 3.12. The molecule has 1 saturated heterocycles. The number of aliphatic carboxylic acids is 1. The average molecular weight is 300 g/mol. The highest BCUT2D eigenvalue weighted by Gasteiger charge is 2.33. The van der Waals surface area contributed by atoms with Crippen LogP contribution in [0.1, 0.15) is 26.5 Å². The van der Waals surface area contributed by atoms with Crippen molar-refractivity contribution in [3.63, 3.8) is 0 Å². The zero-order valence-corrected chi connectivity index (χ0v) is 12.7. The van der Waals surface area contributed by atoms with Gasteiger partial charge in [0, 0.05) is 18.5 Å². The quantitative estimate of drug-likeness (QED) is 0.866. The first-order chi connectivity index (χ1) is 9.34. The van der Waals surface area contributed by atoms with E-state index in [0.29, 0.717) is 18.8 Å². The van der Waals surface area contributed by atoms with Crippen molar-refractivity contribution < 1.29 is 19.7 Å². The highest BCUT2D eigenvalue weighted by Crippen LogP contribution is 2.30. The predicted molar refractivity (Wildman–Crippen MR) is 76.4 cm³/mol. The highest BCUT2D eigenvalue weighted by atomic mass is 32.1. The molecule has 2 unspecified atom stereocenters. The lowest BCUT2D eigenvalue weighted by atomic mass is 9.90. The van der Waals surface area contributed by atoms with Gasteiger partial charge in [0.15, 0.2) is 5.13 Å². The van der Waals surface area contributed by atoms with Crippen LogP contribution in [-0.2, 0) is 14.9 Å². The van der Waals surface area contributed by atoms with E-state index in [0.717, 1.165) is 5.13 Å². The Hall–Kier alpha value is -1.18. The number of aliphatic hydroxyl groups excluding tert-OH is 1. The summed E-state index contributed by atoms with van der Waals surface area (Å²) in [6, 6.07) is 0. The summed E-state index contributed by atoms with van der Waals surface area (Å²) in [5.41, 5.74) is -0.437. The molecule has 2 rings (SSSR count). The van der Waals surface area contributed by atoms with Crippen LogP contribution in [-0.4, -0.2) is 53.1 Å². The minimum atomic E-state index is -0.997. The second-order valence-corrected chi connectivity index (χ2v) is 6.44. The summed E-state index contributed by atoms with van der Waals surface area (Å²) >= 11 is 1.43. The lowest BCUT2D eigenvalue weighted by molar-refractivity contribution is -0.142. The third-order valence-electron chi connectivity index (χ3n) is 3.47. The molecule has 2 atom stereocenters. The standard InChI is InChI=1S/C13H20N2O4S/c1-8-4-15(5-9(6-16)19-8)12-14-10(7-20-12)13(2,3)11(17)18/h7-9,16H,4-6H2,1-3H3,(H,17,18). The van der Waals surface area contributed by atoms with Gasteiger partial charge in [0.2, 0.25) is 0 Å². The van der Waals surface area contributed by atoms with Crippen LogP contribution in [0, 0.1) is 0 Å². The maximum absolute atomic E-state index is 11.3. The molecule has 1 aromatic rings. The zero-order chi connectivity index (χ0) is 14.9. The molecule has 20 heavy (non-hydrogen) atoms. The molecule has 0 radical (unpaired) electrons. The highest BCUT2D eigenvalue weighted by molar-refractivity contribution is 7.13. The third kappa shape index (κ3) is 2.94. The van der Waals surface area contributed by atoms with Crippen LogP contribution in [0.4, 0.5) is 5.13 Å². The van der Waals surface area contributed by atoms with E-state index in [-0.39, 0.29) is 18.8 Å². The predicted octanol–water partition coefficient (Wildman–Crippen LogP) is 1.09. The molecule has 0 amide bonds. The molecule has 0 aliphatic carbocycles. The van der Waals surface area contributed by atoms with Gasteiger partial charge in [0.25, 0.3) is 0 Å². The average Bonchev–Trinajstić information content (AvgIpc) is 2.87. The van der Waals surface area contributed by atoms with Crippen LogP contribution >= 0.6 is 11.3 Å². The van der Waals surface area contributed by atoms with E-state index in [9.17, 15) is 15.0 Å². The number of rotatable bonds is 4. The van der Waals surface area contributed by atoms with Gasteiger partial charge in [-0.15, -0.1) is 11.3 Å². The van der Waals surface area contributed by atoms with E-state index < -0.39 is 11.4 Å². The number of aromatic nitrogens is 1. The van der Waals surface area contributed by atoms with Crippen molar-refractivity contribution in [2.75, 3.05) is 24.6 Å². The summed E-state index contributed by atoms with van der Waals surface area (Å²) in [5, 5.41) is 21.0. The summed E-state index contributed by atoms with van der Waals surface area (Å²) in [4.78, 5) is 17.8. The van der Waals surface area contributed by atoms with Gasteiger partial charge in [-0.05, 0) is 20.8 Å². The summed E-state index contributed by atoms with van der Waals surface area (Å²) in [6.07, 6.45) is -0.209. The molecule has 1 aromatic heterocycles. The first-order valence-corrected chi connectivity index (χ1v) is 7.43. The van der Waals surface area contributed by atoms with Gasteiger partial charge in [0.05, 0.1) is 24.5 Å². The number of anilines is 1. The lowest BCUT2D eigenvalue weighted by Gasteiger charge is -2.35. The summed E-state index contributed by atoms with van der Waals surface area (Å²) < 4.78 is 5.59. The molecule has 1 aliphatic heterocycles. The molecule has 2 N–H and O–H groups in total. The van der Waals surface area contributed by atoms with Crippen LogP contribution in [0.5, 0.6) is 0 Å². The first kappa shape index (κ1) is 15.2. The molecule has 1 fully saturated rings. The molecule has 112 valence electrons. The molecule has 0 spiro atoms. The van der Waals surface area contributed by atoms with Crippen molar-refractivity contribution in [2.24, 2.45) is 0 Å². The number of thiazole rings is 1. The second kappa shape index (κ2) is 5.67. The fourth-order valence-electron chi connectivity index (χ4n) is 2.11. The van der Waals surface area contributed by atoms with Crippen molar-refractivity contribution in [3.05, 3.63) is 11.1 Å². The topological polar surface area (TPSA) is 82.9 Å². The Labute approximate surface area is 122 Å². The maximum atomic E-state index is 11.3. The van der Waals surface area contributed by atoms with E-state index in [2.05, 4.69) is 4.98 Å². The minimum absolute atomic E-state index is 0.0146. The summed E-state index contributed by atoms with van der Waals surface area (Å²) in [5.74, 6) is -0.891. The first-order valence-electron chi connectivity index (χ1n) is 6.55. The Kier molecular flexibility index (Phi) is 4.31. The third-order valence-corrected chi connectivity index (χ3v) is 4.37. The molecule has 1 aliphatic rings. The van der Waals surface area contributed by atoms with Gasteiger partial charge in [-0.2, -0.15) is 0 Å². The maximum Gasteiger partial charge on any atom is 0.315 e. The molecule has 6 nitrogen and oxygen atoms in total. The Morgan fingerprint density at radius 2 is 2.30 bits per heavy atom. The molecule has 0 saturated carbocycles. The van der Waals surface area contributed by atoms with E-state index in [1.165, 1.54) is 11.3 Å². The summed E-state index contributed by atoms with van der Waals surface area (Å²) in [7, 11) is 0. The van der Waals surface area contributed by atoms with Crippen molar-refractivity contribution in [3.8, 4) is 0 Å². The normalized spacial score (nSPS) is 23.9. The lowest BCUT2D eigenvalue weighted by Crippen LogP contribution is -2.48. The largest absolute Gasteiger partial charge is 0.481 e. The van der Waals surface area contributed by atoms with Crippen LogP contribution in [0.15, 0.2) is 5.38 Å². The smallest absolute Gasteiger partial charge is 0.315 e. The molecule has 0 aromatic carbocycles. The SMILES string of the molecule is CC1CN(c2nc(C(C)(C)C(=O)O)cs2)CC(CO)O1. The molecular formula is C13H20N2O4S. The number of hydrogen-bond donors (Lipinski definition) is 2. The minimum Gasteiger partial charge on any atom is -0.481 e. The number of nitrogens with zero attached hydrogens (tertiary/aromatic N) is 2. The van der Waals surface area contributed by atoms with E-state index >= 15 is 0 Å². The van der Waals surface area contributed by atoms with Gasteiger partial charge in [-0.1, -0.05) is 0 Å². The Morgan fingerprint density at radius 3 is 2.90 bits per heavy atom. The number of morpholine rings is 1. The van der Waals surface area contributed by atoms with Gasteiger partial charge < -0.3 is 19.8 Å². The Morgan fingerprint density at radius 1 is 1.60 bits per heavy atom. The van der Waals surface area contributed by atoms with Crippen molar-refractivity contribution >= 4 is 22.4 Å². The number of carboxylic acids is 1. The molecule has 7 heteroatoms. The zero-order valence-electron chi connectivity index (χ0n) is 11.9. The van der Waals surface area contributed by atoms with Crippen LogP contribution in [0.3, 0.4) is 0 Å². The fraction of sp³-hybridized carbons (Fsp3) is 0.692. The van der Waals surface area contributed by atoms with E-state index in [1.54, 1.807) is 19.2 Å². The van der Waals surface area contributed by atoms with Crippen LogP contribution in [0.2, 0.25) is 0 Å². The van der Waals surface area contributed by atoms with Gasteiger partial charge in [-0.25, -0.2) is 4.98 Å². The van der Waals surface area contributed by atoms with Gasteiger partial charge >= 0.3 is 5.97 Å². The molecular weight excluding hydrogens is 280 g/mol. The van der Waals surface area contributed by atoms with Crippen molar-refractivity contribution in [2.45, 2.75) is 38.4 Å². The van der Waals surface area contributed by atoms with Crippen LogP contribution in [0.25, 0.3) is 0 Å². The second-order valence-electron chi connectivity index (χ2n) is 5.60. The number of hydrogen-bond acceptors (Lipinski definition) is 6. The Bertz CT molecular complexity index is 488. The Balaban J connectivity index is 2.18. The van der Waals surface area contributed by atoms with E-state index in [4.69, 9.17) is 4.74 Å². The summed E-state index contributed by atoms with van der Waals surface area (Å²) in [6.45, 7) is 6.47. The monoisotopic (exact) mass is 300 g/mol. The number of ether oxygens (including phenoxy) is 1. The number of carbonyl (C=O) groups is 1. The van der Waals surface area contributed by atoms with Gasteiger partial charge in [0.1, 0.15) is 5.41 Å². The number of aliphatic hydroxyl groups is 1. The van der Waals surface area contributed by atoms with Crippen molar-refractivity contribution in [1.82, 2.24) is 4.98 Å². The molecule has 2 heterocycles. The van der Waals surface area contributed by atoms with Gasteiger partial charge in [-0.3, -0.25) is 4.79 Å². The molecule has 0 bridgehead atoms. The number of carboxylic acid groups (broad SMARTS) is 1. The van der Waals surface area contributed by atoms with Crippen LogP contribution < -0.4 is 4.90 Å².